The van der Waals surface area contributed by atoms with Crippen molar-refractivity contribution in [1.29, 1.82) is 0 Å². The van der Waals surface area contributed by atoms with Crippen LogP contribution in [0.25, 0.3) is 0 Å². The number of hydrogen-bond acceptors (Lipinski definition) is 5. The molecule has 0 aliphatic carbocycles. The quantitative estimate of drug-likeness (QED) is 0.846. The van der Waals surface area contributed by atoms with Gasteiger partial charge in [-0.15, -0.1) is 0 Å². The minimum Gasteiger partial charge on any atom is -0.387 e. The maximum absolute atomic E-state index is 10.6. The van der Waals surface area contributed by atoms with Crippen molar-refractivity contribution in [2.24, 2.45) is 7.05 Å². The van der Waals surface area contributed by atoms with Crippen LogP contribution in [0.1, 0.15) is 43.1 Å². The van der Waals surface area contributed by atoms with Gasteiger partial charge in [-0.3, -0.25) is 9.58 Å². The van der Waals surface area contributed by atoms with Gasteiger partial charge in [0.1, 0.15) is 6.10 Å². The predicted molar refractivity (Wildman–Crippen MR) is 87.1 cm³/mol. The van der Waals surface area contributed by atoms with E-state index in [1.165, 1.54) is 11.3 Å². The molecule has 2 saturated heterocycles. The third-order valence-corrected chi connectivity index (χ3v) is 5.83. The van der Waals surface area contributed by atoms with Gasteiger partial charge in [0.2, 0.25) is 0 Å². The highest BCUT2D eigenvalue weighted by atomic mass is 16.5. The second-order valence-corrected chi connectivity index (χ2v) is 7.47. The van der Waals surface area contributed by atoms with E-state index in [2.05, 4.69) is 23.8 Å². The molecule has 0 aromatic carbocycles. The van der Waals surface area contributed by atoms with E-state index in [0.29, 0.717) is 13.0 Å². The van der Waals surface area contributed by atoms with Gasteiger partial charge in [-0.05, 0) is 33.6 Å². The van der Waals surface area contributed by atoms with Gasteiger partial charge in [-0.25, -0.2) is 0 Å². The average molecular weight is 323 g/mol. The molecule has 0 bridgehead atoms. The molecule has 1 aromatic heterocycles. The topological polar surface area (TPSA) is 70.8 Å². The molecule has 0 amide bonds. The monoisotopic (exact) mass is 323 g/mol. The maximum Gasteiger partial charge on any atom is 0.111 e. The standard InChI is InChI=1S/C17H29N3O3/c1-12-14(13(2)19(4)18-12)11-20-8-5-17(6-9-20)15(21)16(3,22)7-10-23-17/h15,21-22H,5-11H2,1-4H3/t15-,16+/m0/s1. The first-order valence-electron chi connectivity index (χ1n) is 8.51. The van der Waals surface area contributed by atoms with Gasteiger partial charge in [0.25, 0.3) is 0 Å². The maximum atomic E-state index is 10.6. The summed E-state index contributed by atoms with van der Waals surface area (Å²) >= 11 is 0. The van der Waals surface area contributed by atoms with E-state index in [9.17, 15) is 10.2 Å². The summed E-state index contributed by atoms with van der Waals surface area (Å²) in [4.78, 5) is 2.39. The Morgan fingerprint density at radius 1 is 1.26 bits per heavy atom. The summed E-state index contributed by atoms with van der Waals surface area (Å²) in [5.74, 6) is 0. The highest BCUT2D eigenvalue weighted by molar-refractivity contribution is 5.24. The van der Waals surface area contributed by atoms with Crippen molar-refractivity contribution in [1.82, 2.24) is 14.7 Å². The molecule has 1 spiro atoms. The third-order valence-electron chi connectivity index (χ3n) is 5.83. The van der Waals surface area contributed by atoms with Crippen LogP contribution in [0.3, 0.4) is 0 Å². The number of hydrogen-bond donors (Lipinski definition) is 2. The second kappa shape index (κ2) is 5.84. The summed E-state index contributed by atoms with van der Waals surface area (Å²) in [5, 5.41) is 25.4. The van der Waals surface area contributed by atoms with Crippen LogP contribution in [-0.4, -0.2) is 61.9 Å². The zero-order valence-electron chi connectivity index (χ0n) is 14.7. The van der Waals surface area contributed by atoms with Crippen molar-refractivity contribution in [2.45, 2.75) is 63.9 Å². The van der Waals surface area contributed by atoms with Gasteiger partial charge < -0.3 is 14.9 Å². The molecule has 2 aliphatic rings. The van der Waals surface area contributed by atoms with Gasteiger partial charge in [0.05, 0.1) is 23.5 Å². The Morgan fingerprint density at radius 2 is 1.91 bits per heavy atom. The van der Waals surface area contributed by atoms with Gasteiger partial charge in [-0.2, -0.15) is 5.10 Å². The van der Waals surface area contributed by atoms with E-state index in [0.717, 1.165) is 38.2 Å². The fourth-order valence-corrected chi connectivity index (χ4v) is 4.02. The number of rotatable bonds is 2. The van der Waals surface area contributed by atoms with Gasteiger partial charge in [0.15, 0.2) is 0 Å². The number of piperidine rings is 1. The molecule has 0 radical (unpaired) electrons. The molecule has 2 N–H and O–H groups in total. The normalized spacial score (nSPS) is 31.7. The number of aliphatic hydroxyl groups is 2. The van der Waals surface area contributed by atoms with Crippen LogP contribution in [0.15, 0.2) is 0 Å². The van der Waals surface area contributed by atoms with Crippen LogP contribution in [0.4, 0.5) is 0 Å². The molecule has 2 atom stereocenters. The molecular formula is C17H29N3O3. The van der Waals surface area contributed by atoms with Gasteiger partial charge in [0, 0.05) is 44.4 Å². The van der Waals surface area contributed by atoms with Crippen molar-refractivity contribution >= 4 is 0 Å². The van der Waals surface area contributed by atoms with Crippen molar-refractivity contribution in [2.75, 3.05) is 19.7 Å². The Balaban J connectivity index is 1.67. The minimum absolute atomic E-state index is 0.494. The molecule has 6 heteroatoms. The summed E-state index contributed by atoms with van der Waals surface area (Å²) in [6.45, 7) is 9.00. The largest absolute Gasteiger partial charge is 0.387 e. The average Bonchev–Trinajstić information content (AvgIpc) is 2.73. The molecule has 0 unspecified atom stereocenters. The van der Waals surface area contributed by atoms with Crippen LogP contribution in [0.2, 0.25) is 0 Å². The SMILES string of the molecule is Cc1nn(C)c(C)c1CN1CCC2(CC1)OCC[C@@](C)(O)[C@@H]2O. The Bertz CT molecular complexity index is 574. The Morgan fingerprint density at radius 3 is 2.48 bits per heavy atom. The highest BCUT2D eigenvalue weighted by Crippen LogP contribution is 2.40. The molecule has 2 fully saturated rings. The summed E-state index contributed by atoms with van der Waals surface area (Å²) in [6, 6.07) is 0. The Hall–Kier alpha value is -0.950. The van der Waals surface area contributed by atoms with Crippen LogP contribution in [-0.2, 0) is 18.3 Å². The van der Waals surface area contributed by atoms with Crippen LogP contribution in [0, 0.1) is 13.8 Å². The van der Waals surface area contributed by atoms with E-state index in [1.54, 1.807) is 6.92 Å². The summed E-state index contributed by atoms with van der Waals surface area (Å²) in [7, 11) is 1.98. The Labute approximate surface area is 138 Å². The first-order valence-corrected chi connectivity index (χ1v) is 8.51. The van der Waals surface area contributed by atoms with Gasteiger partial charge in [-0.1, -0.05) is 0 Å². The number of ether oxygens (including phenoxy) is 1. The zero-order chi connectivity index (χ0) is 16.8. The molecule has 130 valence electrons. The van der Waals surface area contributed by atoms with E-state index >= 15 is 0 Å². The van der Waals surface area contributed by atoms with E-state index < -0.39 is 17.3 Å². The molecular weight excluding hydrogens is 294 g/mol. The highest BCUT2D eigenvalue weighted by Gasteiger charge is 2.52. The summed E-state index contributed by atoms with van der Waals surface area (Å²) in [6.07, 6.45) is 1.19. The predicted octanol–water partition coefficient (Wildman–Crippen LogP) is 0.904. The third kappa shape index (κ3) is 2.93. The lowest BCUT2D eigenvalue weighted by Crippen LogP contribution is -2.64. The summed E-state index contributed by atoms with van der Waals surface area (Å²) in [5.41, 5.74) is 1.95. The molecule has 0 saturated carbocycles. The first kappa shape index (κ1) is 16.9. The number of likely N-dealkylation sites (tertiary alicyclic amines) is 1. The van der Waals surface area contributed by atoms with Crippen LogP contribution < -0.4 is 0 Å². The second-order valence-electron chi connectivity index (χ2n) is 7.47. The fraction of sp³-hybridized carbons (Fsp3) is 0.824. The smallest absolute Gasteiger partial charge is 0.111 e. The van der Waals surface area contributed by atoms with E-state index in [4.69, 9.17) is 4.74 Å². The molecule has 3 heterocycles. The van der Waals surface area contributed by atoms with Crippen molar-refractivity contribution < 1.29 is 14.9 Å². The van der Waals surface area contributed by atoms with E-state index in [-0.39, 0.29) is 0 Å². The number of aromatic nitrogens is 2. The number of aliphatic hydroxyl groups excluding tert-OH is 1. The lowest BCUT2D eigenvalue weighted by atomic mass is 9.75. The molecule has 6 nitrogen and oxygen atoms in total. The van der Waals surface area contributed by atoms with Crippen LogP contribution in [0.5, 0.6) is 0 Å². The first-order chi connectivity index (χ1) is 10.8. The molecule has 2 aliphatic heterocycles. The van der Waals surface area contributed by atoms with Crippen molar-refractivity contribution in [3.05, 3.63) is 17.0 Å². The van der Waals surface area contributed by atoms with Crippen molar-refractivity contribution in [3.63, 3.8) is 0 Å². The zero-order valence-corrected chi connectivity index (χ0v) is 14.7. The summed E-state index contributed by atoms with van der Waals surface area (Å²) < 4.78 is 7.88. The van der Waals surface area contributed by atoms with Crippen molar-refractivity contribution in [3.8, 4) is 0 Å². The number of nitrogens with zero attached hydrogens (tertiary/aromatic N) is 3. The fourth-order valence-electron chi connectivity index (χ4n) is 4.02. The van der Waals surface area contributed by atoms with Crippen LogP contribution >= 0.6 is 0 Å². The number of aryl methyl sites for hydroxylation is 2. The molecule has 3 rings (SSSR count). The minimum atomic E-state index is -1.04. The van der Waals surface area contributed by atoms with Gasteiger partial charge >= 0.3 is 0 Å². The molecule has 1 aromatic rings. The van der Waals surface area contributed by atoms with E-state index in [1.807, 2.05) is 11.7 Å². The lowest BCUT2D eigenvalue weighted by Gasteiger charge is -2.51. The molecule has 23 heavy (non-hydrogen) atoms. The Kier molecular flexibility index (Phi) is 4.29. The lowest BCUT2D eigenvalue weighted by molar-refractivity contribution is -0.246.